The van der Waals surface area contributed by atoms with Crippen LogP contribution in [-0.2, 0) is 0 Å². The van der Waals surface area contributed by atoms with Crippen molar-refractivity contribution < 1.29 is 0 Å². The van der Waals surface area contributed by atoms with Crippen molar-refractivity contribution in [2.75, 3.05) is 0 Å². The second kappa shape index (κ2) is 6.39. The zero-order valence-electron chi connectivity index (χ0n) is 11.0. The molecule has 0 fully saturated rings. The number of hydrogen-bond donors (Lipinski definition) is 1. The van der Waals surface area contributed by atoms with Crippen molar-refractivity contribution in [1.82, 2.24) is 0 Å². The smallest absolute Gasteiger partial charge is 0.0449 e. The van der Waals surface area contributed by atoms with E-state index in [9.17, 15) is 0 Å². The van der Waals surface area contributed by atoms with Crippen molar-refractivity contribution in [1.29, 1.82) is 0 Å². The topological polar surface area (TPSA) is 0 Å². The number of thiol groups is 1. The van der Waals surface area contributed by atoms with Crippen LogP contribution in [0.25, 0.3) is 14.7 Å². The maximum Gasteiger partial charge on any atom is 0.0449 e. The average Bonchev–Trinajstić information content (AvgIpc) is 3.19. The standard InChI is InChI=1S/C16H14S4/c1-2-4-11(17)12-6-7-15(19-12)16-9-8-14(20-16)13-5-3-10-18-13/h2-5,7-10,17H,6H2,1H3/b4-2?,12-11-. The summed E-state index contributed by atoms with van der Waals surface area (Å²) in [4.78, 5) is 7.85. The van der Waals surface area contributed by atoms with Gasteiger partial charge in [-0.15, -0.1) is 35.3 Å². The summed E-state index contributed by atoms with van der Waals surface area (Å²) in [5.41, 5.74) is 0. The lowest BCUT2D eigenvalue weighted by Gasteiger charge is -2.00. The Bertz CT molecular complexity index is 684. The van der Waals surface area contributed by atoms with E-state index < -0.39 is 0 Å². The van der Waals surface area contributed by atoms with Crippen LogP contribution in [0.4, 0.5) is 0 Å². The molecule has 3 heterocycles. The van der Waals surface area contributed by atoms with Crippen molar-refractivity contribution in [2.24, 2.45) is 0 Å². The van der Waals surface area contributed by atoms with E-state index in [1.165, 1.54) is 24.4 Å². The molecule has 2 aromatic rings. The summed E-state index contributed by atoms with van der Waals surface area (Å²) in [6.07, 6.45) is 7.40. The molecule has 0 amide bonds. The maximum atomic E-state index is 4.56. The Morgan fingerprint density at radius 2 is 2.05 bits per heavy atom. The van der Waals surface area contributed by atoms with Gasteiger partial charge in [0.25, 0.3) is 0 Å². The van der Waals surface area contributed by atoms with Crippen LogP contribution < -0.4 is 0 Å². The van der Waals surface area contributed by atoms with Crippen molar-refractivity contribution in [3.05, 3.63) is 62.6 Å². The van der Waals surface area contributed by atoms with Gasteiger partial charge in [-0.25, -0.2) is 0 Å². The lowest BCUT2D eigenvalue weighted by atomic mass is 10.3. The Balaban J connectivity index is 1.81. The molecule has 1 aliphatic heterocycles. The van der Waals surface area contributed by atoms with Gasteiger partial charge in [0.05, 0.1) is 0 Å². The second-order valence-electron chi connectivity index (χ2n) is 4.32. The van der Waals surface area contributed by atoms with E-state index in [1.807, 2.05) is 36.1 Å². The predicted molar refractivity (Wildman–Crippen MR) is 98.6 cm³/mol. The van der Waals surface area contributed by atoms with Gasteiger partial charge in [-0.2, -0.15) is 0 Å². The third-order valence-electron chi connectivity index (χ3n) is 2.93. The molecule has 20 heavy (non-hydrogen) atoms. The van der Waals surface area contributed by atoms with Crippen LogP contribution >= 0.6 is 47.1 Å². The molecule has 0 saturated heterocycles. The van der Waals surface area contributed by atoms with Crippen LogP contribution in [0.5, 0.6) is 0 Å². The molecule has 0 aromatic carbocycles. The zero-order valence-corrected chi connectivity index (χ0v) is 14.3. The molecule has 0 atom stereocenters. The minimum absolute atomic E-state index is 0.995. The highest BCUT2D eigenvalue weighted by atomic mass is 32.2. The Hall–Kier alpha value is -0.680. The minimum Gasteiger partial charge on any atom is -0.143 e. The summed E-state index contributed by atoms with van der Waals surface area (Å²) in [6, 6.07) is 8.74. The molecule has 3 rings (SSSR count). The molecule has 2 aromatic heterocycles. The highest BCUT2D eigenvalue weighted by Crippen LogP contribution is 2.47. The van der Waals surface area contributed by atoms with Crippen molar-refractivity contribution in [2.45, 2.75) is 13.3 Å². The molecule has 102 valence electrons. The molecule has 0 nitrogen and oxygen atoms in total. The summed E-state index contributed by atoms with van der Waals surface area (Å²) in [7, 11) is 0. The van der Waals surface area contributed by atoms with Gasteiger partial charge in [0, 0.05) is 29.3 Å². The summed E-state index contributed by atoms with van der Waals surface area (Å²) in [5, 5.41) is 2.13. The van der Waals surface area contributed by atoms with E-state index in [0.29, 0.717) is 0 Å². The zero-order chi connectivity index (χ0) is 13.9. The van der Waals surface area contributed by atoms with Crippen LogP contribution in [0, 0.1) is 0 Å². The van der Waals surface area contributed by atoms with Crippen LogP contribution in [0.3, 0.4) is 0 Å². The molecule has 0 bridgehead atoms. The normalized spacial score (nSPS) is 17.8. The Labute approximate surface area is 137 Å². The van der Waals surface area contributed by atoms with Gasteiger partial charge < -0.3 is 0 Å². The maximum absolute atomic E-state index is 4.56. The van der Waals surface area contributed by atoms with Gasteiger partial charge in [0.2, 0.25) is 0 Å². The molecule has 0 spiro atoms. The van der Waals surface area contributed by atoms with Crippen LogP contribution in [0.1, 0.15) is 18.2 Å². The number of hydrogen-bond acceptors (Lipinski definition) is 4. The predicted octanol–water partition coefficient (Wildman–Crippen LogP) is 6.67. The average molecular weight is 335 g/mol. The summed E-state index contributed by atoms with van der Waals surface area (Å²) < 4.78 is 0. The molecular formula is C16H14S4. The first kappa shape index (κ1) is 14.3. The molecule has 0 saturated carbocycles. The Morgan fingerprint density at radius 1 is 1.20 bits per heavy atom. The Kier molecular flexibility index (Phi) is 4.56. The number of thiophene rings is 2. The molecule has 1 aliphatic rings. The van der Waals surface area contributed by atoms with Gasteiger partial charge in [0.1, 0.15) is 0 Å². The second-order valence-corrected chi connectivity index (χ2v) is 7.97. The van der Waals surface area contributed by atoms with E-state index in [4.69, 9.17) is 0 Å². The van der Waals surface area contributed by atoms with Gasteiger partial charge in [-0.05, 0) is 36.9 Å². The van der Waals surface area contributed by atoms with Crippen molar-refractivity contribution >= 4 is 52.0 Å². The van der Waals surface area contributed by atoms with E-state index in [-0.39, 0.29) is 0 Å². The SMILES string of the molecule is CC=C/C(S)=C1\CC=C(c2ccc(-c3cccs3)s2)S1. The summed E-state index contributed by atoms with van der Waals surface area (Å²) in [5.74, 6) is 0. The van der Waals surface area contributed by atoms with E-state index in [2.05, 4.69) is 54.4 Å². The Morgan fingerprint density at radius 3 is 2.80 bits per heavy atom. The molecule has 0 radical (unpaired) electrons. The fourth-order valence-electron chi connectivity index (χ4n) is 1.98. The number of rotatable bonds is 3. The molecule has 0 N–H and O–H groups in total. The van der Waals surface area contributed by atoms with Gasteiger partial charge >= 0.3 is 0 Å². The highest BCUT2D eigenvalue weighted by Gasteiger charge is 2.16. The molecule has 0 aliphatic carbocycles. The van der Waals surface area contributed by atoms with Crippen molar-refractivity contribution in [3.8, 4) is 9.75 Å². The first-order valence-electron chi connectivity index (χ1n) is 6.35. The summed E-state index contributed by atoms with van der Waals surface area (Å²) in [6.45, 7) is 2.03. The van der Waals surface area contributed by atoms with Crippen molar-refractivity contribution in [3.63, 3.8) is 0 Å². The summed E-state index contributed by atoms with van der Waals surface area (Å²) >= 11 is 10.1. The van der Waals surface area contributed by atoms with Crippen LogP contribution in [0.15, 0.2) is 57.7 Å². The van der Waals surface area contributed by atoms with Gasteiger partial charge in [-0.1, -0.05) is 36.1 Å². The third kappa shape index (κ3) is 2.98. The van der Waals surface area contributed by atoms with E-state index >= 15 is 0 Å². The fourth-order valence-corrected chi connectivity index (χ4v) is 5.32. The number of allylic oxidation sites excluding steroid dienone is 4. The third-order valence-corrected chi connectivity index (χ3v) is 7.05. The monoisotopic (exact) mass is 334 g/mol. The van der Waals surface area contributed by atoms with Gasteiger partial charge in [0.15, 0.2) is 0 Å². The lowest BCUT2D eigenvalue weighted by Crippen LogP contribution is -1.72. The van der Waals surface area contributed by atoms with Gasteiger partial charge in [-0.3, -0.25) is 0 Å². The number of thioether (sulfide) groups is 1. The molecular weight excluding hydrogens is 320 g/mol. The molecule has 4 heteroatoms. The fraction of sp³-hybridized carbons (Fsp3) is 0.125. The minimum atomic E-state index is 0.995. The molecule has 0 unspecified atom stereocenters. The van der Waals surface area contributed by atoms with Crippen LogP contribution in [0.2, 0.25) is 0 Å². The first-order chi connectivity index (χ1) is 9.78. The largest absolute Gasteiger partial charge is 0.143 e. The lowest BCUT2D eigenvalue weighted by molar-refractivity contribution is 1.38. The van der Waals surface area contributed by atoms with Crippen LogP contribution in [-0.4, -0.2) is 0 Å². The van der Waals surface area contributed by atoms with E-state index in [1.54, 1.807) is 11.3 Å². The highest BCUT2D eigenvalue weighted by molar-refractivity contribution is 8.12. The quantitative estimate of drug-likeness (QED) is 0.611. The van der Waals surface area contributed by atoms with E-state index in [0.717, 1.165) is 11.3 Å². The first-order valence-corrected chi connectivity index (χ1v) is 9.31.